The van der Waals surface area contributed by atoms with Crippen molar-refractivity contribution in [1.82, 2.24) is 0 Å². The highest BCUT2D eigenvalue weighted by Gasteiger charge is 2.41. The number of ether oxygens (including phenoxy) is 1. The lowest BCUT2D eigenvalue weighted by atomic mass is 10.3. The average molecular weight is 246 g/mol. The third kappa shape index (κ3) is 4.47. The largest absolute Gasteiger partial charge is 0.457 e. The van der Waals surface area contributed by atoms with Gasteiger partial charge in [-0.05, 0) is 13.0 Å². The van der Waals surface area contributed by atoms with Gasteiger partial charge in [-0.15, -0.1) is 0 Å². The molecule has 0 amide bonds. The van der Waals surface area contributed by atoms with Crippen LogP contribution in [0, 0.1) is 0 Å². The molecule has 0 spiro atoms. The minimum absolute atomic E-state index is 0.284. The summed E-state index contributed by atoms with van der Waals surface area (Å²) in [5.74, 6) is -0.422. The lowest BCUT2D eigenvalue weighted by Crippen LogP contribution is -2.51. The fourth-order valence-electron chi connectivity index (χ4n) is 1.35. The molecule has 1 unspecified atom stereocenters. The van der Waals surface area contributed by atoms with Crippen molar-refractivity contribution < 1.29 is 18.4 Å². The molecule has 0 bridgehead atoms. The summed E-state index contributed by atoms with van der Waals surface area (Å²) in [7, 11) is 0.753. The summed E-state index contributed by atoms with van der Waals surface area (Å²) in [5.41, 5.74) is -0.284. The van der Waals surface area contributed by atoms with Crippen LogP contribution < -0.4 is 0 Å². The van der Waals surface area contributed by atoms with Gasteiger partial charge in [0.05, 0.1) is 0 Å². The van der Waals surface area contributed by atoms with Gasteiger partial charge in [-0.2, -0.15) is 0 Å². The molecule has 4 nitrogen and oxygen atoms in total. The summed E-state index contributed by atoms with van der Waals surface area (Å²) >= 11 is 0. The zero-order valence-electron chi connectivity index (χ0n) is 10.6. The first-order valence-corrected chi connectivity index (χ1v) is 7.86. The maximum atomic E-state index is 11.2. The van der Waals surface area contributed by atoms with Gasteiger partial charge in [0.25, 0.3) is 0 Å². The summed E-state index contributed by atoms with van der Waals surface area (Å²) in [6, 6.07) is 0. The molecule has 0 aromatic rings. The van der Waals surface area contributed by atoms with Gasteiger partial charge in [-0.25, -0.2) is 4.79 Å². The molecule has 0 fully saturated rings. The Morgan fingerprint density at radius 1 is 1.44 bits per heavy atom. The summed E-state index contributed by atoms with van der Waals surface area (Å²) < 4.78 is 16.1. The van der Waals surface area contributed by atoms with Crippen LogP contribution in [0.4, 0.5) is 0 Å². The first-order chi connectivity index (χ1) is 7.53. The highest BCUT2D eigenvalue weighted by atomic mass is 28.4. The van der Waals surface area contributed by atoms with Gasteiger partial charge in [0.2, 0.25) is 0 Å². The average Bonchev–Trinajstić information content (AvgIpc) is 2.32. The molecule has 0 aliphatic rings. The van der Waals surface area contributed by atoms with Crippen LogP contribution in [-0.2, 0) is 18.4 Å². The van der Waals surface area contributed by atoms with Gasteiger partial charge >= 0.3 is 14.5 Å². The number of unbranched alkanes of at least 4 members (excludes halogenated alkanes) is 1. The molecule has 0 aromatic carbocycles. The zero-order valence-corrected chi connectivity index (χ0v) is 11.6. The molecule has 94 valence electrons. The topological polar surface area (TPSA) is 44.8 Å². The third-order valence-electron chi connectivity index (χ3n) is 2.64. The molecule has 0 aliphatic heterocycles. The molecule has 1 atom stereocenters. The van der Waals surface area contributed by atoms with Gasteiger partial charge in [-0.1, -0.05) is 26.3 Å². The lowest BCUT2D eigenvalue weighted by Gasteiger charge is -2.31. The Kier molecular flexibility index (Phi) is 7.28. The molecule has 0 aliphatic carbocycles. The highest BCUT2D eigenvalue weighted by Crippen LogP contribution is 2.19. The second-order valence-electron chi connectivity index (χ2n) is 3.70. The number of esters is 1. The van der Waals surface area contributed by atoms with E-state index in [-0.39, 0.29) is 5.73 Å². The van der Waals surface area contributed by atoms with E-state index in [4.69, 9.17) is 13.6 Å². The van der Waals surface area contributed by atoms with Crippen LogP contribution in [0.15, 0.2) is 12.7 Å². The fraction of sp³-hybridized carbons (Fsp3) is 0.727. The summed E-state index contributed by atoms with van der Waals surface area (Å²) in [6.07, 6.45) is 3.95. The molecule has 0 radical (unpaired) electrons. The van der Waals surface area contributed by atoms with E-state index >= 15 is 0 Å². The molecule has 0 saturated carbocycles. The van der Waals surface area contributed by atoms with E-state index in [9.17, 15) is 4.79 Å². The summed E-state index contributed by atoms with van der Waals surface area (Å²) in [5, 5.41) is 0. The van der Waals surface area contributed by atoms with Crippen LogP contribution in [0.2, 0.25) is 6.55 Å². The maximum Gasteiger partial charge on any atom is 0.376 e. The van der Waals surface area contributed by atoms with Gasteiger partial charge in [0.1, 0.15) is 5.73 Å². The first-order valence-electron chi connectivity index (χ1n) is 5.47. The standard InChI is InChI=1S/C11H22O4Si/c1-6-8-9-11(15-10(12)7-2)16(5,13-3)14-4/h7,11H,2,6,8-9H2,1,3-5H3. The van der Waals surface area contributed by atoms with Gasteiger partial charge in [0, 0.05) is 20.3 Å². The normalized spacial score (nSPS) is 13.2. The van der Waals surface area contributed by atoms with Gasteiger partial charge in [-0.3, -0.25) is 0 Å². The van der Waals surface area contributed by atoms with Crippen molar-refractivity contribution in [3.8, 4) is 0 Å². The highest BCUT2D eigenvalue weighted by molar-refractivity contribution is 6.67. The molecule has 0 saturated heterocycles. The number of carbonyl (C=O) groups is 1. The molecule has 0 N–H and O–H groups in total. The van der Waals surface area contributed by atoms with Crippen molar-refractivity contribution in [1.29, 1.82) is 0 Å². The Hall–Kier alpha value is -0.653. The van der Waals surface area contributed by atoms with Crippen LogP contribution >= 0.6 is 0 Å². The number of hydrogen-bond acceptors (Lipinski definition) is 4. The molecule has 0 heterocycles. The Balaban J connectivity index is 4.62. The summed E-state index contributed by atoms with van der Waals surface area (Å²) in [6.45, 7) is 7.37. The monoisotopic (exact) mass is 246 g/mol. The Bertz CT molecular complexity index is 226. The predicted molar refractivity (Wildman–Crippen MR) is 65.2 cm³/mol. The quantitative estimate of drug-likeness (QED) is 0.374. The van der Waals surface area contributed by atoms with E-state index in [0.717, 1.165) is 19.3 Å². The fourth-order valence-corrected chi connectivity index (χ4v) is 3.10. The van der Waals surface area contributed by atoms with Gasteiger partial charge < -0.3 is 13.6 Å². The van der Waals surface area contributed by atoms with Crippen LogP contribution in [0.1, 0.15) is 26.2 Å². The van der Waals surface area contributed by atoms with Gasteiger partial charge in [0.15, 0.2) is 0 Å². The van der Waals surface area contributed by atoms with Crippen LogP contribution in [0.5, 0.6) is 0 Å². The van der Waals surface area contributed by atoms with Crippen molar-refractivity contribution >= 4 is 14.5 Å². The first kappa shape index (κ1) is 15.3. The van der Waals surface area contributed by atoms with E-state index in [1.54, 1.807) is 14.2 Å². The van der Waals surface area contributed by atoms with Crippen molar-refractivity contribution in [2.45, 2.75) is 38.5 Å². The molecule has 0 aromatic heterocycles. The minimum Gasteiger partial charge on any atom is -0.457 e. The van der Waals surface area contributed by atoms with Crippen molar-refractivity contribution in [3.63, 3.8) is 0 Å². The van der Waals surface area contributed by atoms with E-state index in [1.165, 1.54) is 6.08 Å². The van der Waals surface area contributed by atoms with E-state index in [0.29, 0.717) is 0 Å². The van der Waals surface area contributed by atoms with Crippen molar-refractivity contribution in [2.75, 3.05) is 14.2 Å². The van der Waals surface area contributed by atoms with Crippen molar-refractivity contribution in [2.24, 2.45) is 0 Å². The number of carbonyl (C=O) groups excluding carboxylic acids is 1. The molecular formula is C11H22O4Si. The third-order valence-corrected chi connectivity index (χ3v) is 5.84. The molecular weight excluding hydrogens is 224 g/mol. The number of rotatable bonds is 8. The smallest absolute Gasteiger partial charge is 0.376 e. The maximum absolute atomic E-state index is 11.2. The van der Waals surface area contributed by atoms with Crippen LogP contribution in [0.25, 0.3) is 0 Å². The summed E-state index contributed by atoms with van der Waals surface area (Å²) in [4.78, 5) is 11.2. The molecule has 16 heavy (non-hydrogen) atoms. The van der Waals surface area contributed by atoms with E-state index in [2.05, 4.69) is 13.5 Å². The Morgan fingerprint density at radius 3 is 2.38 bits per heavy atom. The molecule has 5 heteroatoms. The Labute approximate surface area is 98.8 Å². The Morgan fingerprint density at radius 2 is 2.00 bits per heavy atom. The zero-order chi connectivity index (χ0) is 12.6. The van der Waals surface area contributed by atoms with Crippen molar-refractivity contribution in [3.05, 3.63) is 12.7 Å². The number of hydrogen-bond donors (Lipinski definition) is 0. The lowest BCUT2D eigenvalue weighted by molar-refractivity contribution is -0.141. The predicted octanol–water partition coefficient (Wildman–Crippen LogP) is 2.18. The van der Waals surface area contributed by atoms with E-state index < -0.39 is 14.5 Å². The van der Waals surface area contributed by atoms with E-state index in [1.807, 2.05) is 6.55 Å². The second-order valence-corrected chi connectivity index (χ2v) is 7.19. The molecule has 0 rings (SSSR count). The SMILES string of the molecule is C=CC(=O)OC(CCCC)[Si](C)(OC)OC. The minimum atomic E-state index is -2.43. The second kappa shape index (κ2) is 7.59. The van der Waals surface area contributed by atoms with Crippen LogP contribution in [0.3, 0.4) is 0 Å². The van der Waals surface area contributed by atoms with Crippen LogP contribution in [-0.4, -0.2) is 34.5 Å².